The lowest BCUT2D eigenvalue weighted by molar-refractivity contribution is -0.220. The van der Waals surface area contributed by atoms with Crippen LogP contribution < -0.4 is 0 Å². The number of hydrogen-bond acceptors (Lipinski definition) is 14. The fourth-order valence-electron chi connectivity index (χ4n) is 6.60. The van der Waals surface area contributed by atoms with Gasteiger partial charge in [-0.15, -0.1) is 0 Å². The fourth-order valence-corrected chi connectivity index (χ4v) is 7.57. The summed E-state index contributed by atoms with van der Waals surface area (Å²) in [5.41, 5.74) is 0. The molecule has 1 fully saturated rings. The van der Waals surface area contributed by atoms with Gasteiger partial charge in [-0.3, -0.25) is 18.6 Å². The second kappa shape index (κ2) is 36.7. The van der Waals surface area contributed by atoms with E-state index in [0.29, 0.717) is 12.8 Å². The van der Waals surface area contributed by atoms with Crippen molar-refractivity contribution in [2.45, 2.75) is 210 Å². The molecule has 0 saturated heterocycles. The highest BCUT2D eigenvalue weighted by Gasteiger charge is 2.51. The SMILES string of the molecule is CCCCC/C=C\C/C=C\C/C=C\CC(O)C(O)CCCC(=O)O[C@H](COC(=O)CCCCCCC/C=C\C/C=C\CCCCC)COP(=O)(O)OC1[C@H](O)[C@H](O)C(O)[C@H](O)[C@H]1O. The number of esters is 2. The van der Waals surface area contributed by atoms with Gasteiger partial charge < -0.3 is 50.1 Å². The maximum atomic E-state index is 12.8. The van der Waals surface area contributed by atoms with Gasteiger partial charge in [0.15, 0.2) is 6.10 Å². The number of hydrogen-bond donors (Lipinski definition) is 8. The first-order chi connectivity index (χ1) is 30.2. The molecular weight excluding hydrogens is 835 g/mol. The van der Waals surface area contributed by atoms with Gasteiger partial charge in [-0.1, -0.05) is 120 Å². The smallest absolute Gasteiger partial charge is 0.462 e. The molecule has 0 aromatic rings. The summed E-state index contributed by atoms with van der Waals surface area (Å²) in [7, 11) is -5.21. The predicted octanol–water partition coefficient (Wildman–Crippen LogP) is 6.89. The molecule has 1 aliphatic rings. The maximum Gasteiger partial charge on any atom is 0.472 e. The van der Waals surface area contributed by atoms with Crippen molar-refractivity contribution in [1.29, 1.82) is 0 Å². The molecule has 1 saturated carbocycles. The van der Waals surface area contributed by atoms with E-state index < -0.39 is 87.9 Å². The van der Waals surface area contributed by atoms with Crippen molar-refractivity contribution in [1.82, 2.24) is 0 Å². The molecule has 15 nitrogen and oxygen atoms in total. The monoisotopic (exact) mass is 917 g/mol. The summed E-state index contributed by atoms with van der Waals surface area (Å²) in [5.74, 6) is -1.41. The lowest BCUT2D eigenvalue weighted by Gasteiger charge is -2.41. The van der Waals surface area contributed by atoms with Crippen molar-refractivity contribution in [3.8, 4) is 0 Å². The second-order valence-electron chi connectivity index (χ2n) is 16.2. The van der Waals surface area contributed by atoms with Gasteiger partial charge in [-0.25, -0.2) is 4.57 Å². The largest absolute Gasteiger partial charge is 0.472 e. The normalized spacial score (nSPS) is 23.3. The Labute approximate surface area is 376 Å². The van der Waals surface area contributed by atoms with Crippen LogP contribution >= 0.6 is 7.82 Å². The van der Waals surface area contributed by atoms with E-state index in [1.165, 1.54) is 38.5 Å². The van der Waals surface area contributed by atoms with E-state index in [4.69, 9.17) is 18.5 Å². The van der Waals surface area contributed by atoms with Crippen LogP contribution in [0.1, 0.15) is 155 Å². The average Bonchev–Trinajstić information content (AvgIpc) is 3.26. The Morgan fingerprint density at radius 3 is 1.57 bits per heavy atom. The zero-order chi connectivity index (χ0) is 46.7. The number of carbonyl (C=O) groups excluding carboxylic acids is 2. The summed E-state index contributed by atoms with van der Waals surface area (Å²) in [4.78, 5) is 35.7. The van der Waals surface area contributed by atoms with Crippen LogP contribution in [0.15, 0.2) is 60.8 Å². The number of carbonyl (C=O) groups is 2. The topological polar surface area (TPSA) is 250 Å². The third kappa shape index (κ3) is 28.9. The van der Waals surface area contributed by atoms with Crippen molar-refractivity contribution in [2.75, 3.05) is 13.2 Å². The van der Waals surface area contributed by atoms with E-state index in [-0.39, 0.29) is 32.1 Å². The Hall–Kier alpha value is -2.53. The molecule has 1 aliphatic carbocycles. The number of phosphoric ester groups is 1. The van der Waals surface area contributed by atoms with Crippen LogP contribution in [0.3, 0.4) is 0 Å². The first kappa shape index (κ1) is 58.5. The number of allylic oxidation sites excluding steroid dienone is 9. The summed E-state index contributed by atoms with van der Waals surface area (Å²) in [5, 5.41) is 71.0. The molecule has 5 unspecified atom stereocenters. The minimum absolute atomic E-state index is 0.0659. The number of ether oxygens (including phenoxy) is 2. The molecule has 0 bridgehead atoms. The van der Waals surface area contributed by atoms with E-state index in [0.717, 1.165) is 57.8 Å². The third-order valence-corrected chi connectivity index (χ3v) is 11.5. The minimum atomic E-state index is -5.21. The first-order valence-electron chi connectivity index (χ1n) is 23.3. The molecular formula is C47H81O15P. The minimum Gasteiger partial charge on any atom is -0.462 e. The maximum absolute atomic E-state index is 12.8. The van der Waals surface area contributed by atoms with Crippen molar-refractivity contribution >= 4 is 19.8 Å². The Kier molecular flexibility index (Phi) is 34.0. The number of aliphatic hydroxyl groups excluding tert-OH is 7. The molecule has 1 rings (SSSR count). The summed E-state index contributed by atoms with van der Waals surface area (Å²) in [6.45, 7) is 2.97. The summed E-state index contributed by atoms with van der Waals surface area (Å²) in [6.07, 6.45) is 22.8. The van der Waals surface area contributed by atoms with Crippen LogP contribution in [0.25, 0.3) is 0 Å². The van der Waals surface area contributed by atoms with E-state index in [9.17, 15) is 54.8 Å². The first-order valence-corrected chi connectivity index (χ1v) is 24.8. The molecule has 63 heavy (non-hydrogen) atoms. The molecule has 0 heterocycles. The predicted molar refractivity (Wildman–Crippen MR) is 242 cm³/mol. The molecule has 16 heteroatoms. The van der Waals surface area contributed by atoms with E-state index >= 15 is 0 Å². The molecule has 0 amide bonds. The molecule has 364 valence electrons. The van der Waals surface area contributed by atoms with Crippen LogP contribution in [0.4, 0.5) is 0 Å². The van der Waals surface area contributed by atoms with Crippen molar-refractivity contribution < 1.29 is 73.3 Å². The van der Waals surface area contributed by atoms with E-state index in [1.54, 1.807) is 6.08 Å². The molecule has 8 N–H and O–H groups in total. The lowest BCUT2D eigenvalue weighted by Crippen LogP contribution is -2.64. The molecule has 0 aromatic heterocycles. The quantitative estimate of drug-likeness (QED) is 0.0137. The highest BCUT2D eigenvalue weighted by Crippen LogP contribution is 2.47. The van der Waals surface area contributed by atoms with Crippen LogP contribution in [-0.2, 0) is 32.7 Å². The Morgan fingerprint density at radius 2 is 1.02 bits per heavy atom. The highest BCUT2D eigenvalue weighted by molar-refractivity contribution is 7.47. The summed E-state index contributed by atoms with van der Waals surface area (Å²) in [6, 6.07) is 0. The molecule has 0 radical (unpaired) electrons. The number of rotatable bonds is 37. The second-order valence-corrected chi connectivity index (χ2v) is 17.6. The summed E-state index contributed by atoms with van der Waals surface area (Å²) >= 11 is 0. The Morgan fingerprint density at radius 1 is 0.556 bits per heavy atom. The molecule has 0 spiro atoms. The van der Waals surface area contributed by atoms with Crippen LogP contribution in [-0.4, -0.2) is 121 Å². The standard InChI is InChI=1S/C47H81O15P/c1-3-5-7-9-11-13-15-17-18-19-21-23-25-27-29-33-40(50)59-35-37(36-60-63(57,58)62-47-45(55)43(53)42(52)44(54)46(47)56)61-41(51)34-30-32-39(49)38(48)31-28-26-24-22-20-16-14-12-10-8-6-4-2/h11-14,17-18,20,22,26,28,37-39,42-49,52-56H,3-10,15-16,19,21,23-25,27,29-36H2,1-2H3,(H,57,58)/b13-11-,14-12-,18-17-,22-20-,28-26-/t37-,38?,39?,42?,43-,44+,45-,46-,47?/m1/s1. The molecule has 10 atom stereocenters. The van der Waals surface area contributed by atoms with Gasteiger partial charge in [0.25, 0.3) is 0 Å². The van der Waals surface area contributed by atoms with Gasteiger partial charge in [-0.2, -0.15) is 0 Å². The Bertz CT molecular complexity index is 1370. The molecule has 0 aliphatic heterocycles. The van der Waals surface area contributed by atoms with Gasteiger partial charge in [0.2, 0.25) is 0 Å². The zero-order valence-corrected chi connectivity index (χ0v) is 38.7. The van der Waals surface area contributed by atoms with Crippen LogP contribution in [0.5, 0.6) is 0 Å². The van der Waals surface area contributed by atoms with E-state index in [2.05, 4.69) is 56.4 Å². The number of phosphoric acid groups is 1. The van der Waals surface area contributed by atoms with Gasteiger partial charge >= 0.3 is 19.8 Å². The fraction of sp³-hybridized carbons (Fsp3) is 0.745. The highest BCUT2D eigenvalue weighted by atomic mass is 31.2. The van der Waals surface area contributed by atoms with Gasteiger partial charge in [0.1, 0.15) is 43.2 Å². The zero-order valence-electron chi connectivity index (χ0n) is 37.8. The van der Waals surface area contributed by atoms with Crippen LogP contribution in [0.2, 0.25) is 0 Å². The third-order valence-electron chi connectivity index (χ3n) is 10.5. The van der Waals surface area contributed by atoms with Crippen LogP contribution in [0, 0.1) is 0 Å². The van der Waals surface area contributed by atoms with Crippen molar-refractivity contribution in [3.63, 3.8) is 0 Å². The number of unbranched alkanes of at least 4 members (excludes halogenated alkanes) is 11. The summed E-state index contributed by atoms with van der Waals surface area (Å²) < 4.78 is 33.3. The van der Waals surface area contributed by atoms with Gasteiger partial charge in [-0.05, 0) is 83.5 Å². The number of aliphatic hydroxyl groups is 7. The average molecular weight is 917 g/mol. The van der Waals surface area contributed by atoms with Gasteiger partial charge in [0, 0.05) is 12.8 Å². The van der Waals surface area contributed by atoms with Crippen molar-refractivity contribution in [2.24, 2.45) is 0 Å². The van der Waals surface area contributed by atoms with Crippen molar-refractivity contribution in [3.05, 3.63) is 60.8 Å². The van der Waals surface area contributed by atoms with E-state index in [1.807, 2.05) is 12.2 Å². The lowest BCUT2D eigenvalue weighted by atomic mass is 9.85. The molecule has 0 aromatic carbocycles. The Balaban J connectivity index is 2.60. The van der Waals surface area contributed by atoms with Gasteiger partial charge in [0.05, 0.1) is 18.8 Å².